The quantitative estimate of drug-likeness (QED) is 0.788. The molecule has 1 aromatic heterocycles. The van der Waals surface area contributed by atoms with Crippen molar-refractivity contribution in [3.8, 4) is 0 Å². The van der Waals surface area contributed by atoms with Crippen LogP contribution in [0.5, 0.6) is 0 Å². The van der Waals surface area contributed by atoms with Gasteiger partial charge in [-0.2, -0.15) is 0 Å². The van der Waals surface area contributed by atoms with Crippen LogP contribution < -0.4 is 10.9 Å². The van der Waals surface area contributed by atoms with E-state index in [1.807, 2.05) is 37.3 Å². The first-order valence-corrected chi connectivity index (χ1v) is 7.20. The van der Waals surface area contributed by atoms with Crippen molar-refractivity contribution in [2.24, 2.45) is 0 Å². The summed E-state index contributed by atoms with van der Waals surface area (Å²) in [6.45, 7) is 3.57. The Morgan fingerprint density at radius 1 is 1.27 bits per heavy atom. The van der Waals surface area contributed by atoms with E-state index in [1.165, 1.54) is 0 Å². The summed E-state index contributed by atoms with van der Waals surface area (Å²) in [5, 5.41) is 12.0. The van der Waals surface area contributed by atoms with Crippen molar-refractivity contribution in [3.05, 3.63) is 69.1 Å². The Bertz CT molecular complexity index is 708. The van der Waals surface area contributed by atoms with Crippen LogP contribution in [0, 0.1) is 13.8 Å². The molecule has 3 N–H and O–H groups in total. The fourth-order valence-electron chi connectivity index (χ4n) is 2.27. The molecule has 1 aromatic carbocycles. The van der Waals surface area contributed by atoms with Crippen molar-refractivity contribution in [1.29, 1.82) is 0 Å². The topological polar surface area (TPSA) is 82.2 Å². The maximum atomic E-state index is 12.4. The van der Waals surface area contributed by atoms with Crippen LogP contribution in [0.4, 0.5) is 0 Å². The number of benzene rings is 1. The smallest absolute Gasteiger partial charge is 0.261 e. The van der Waals surface area contributed by atoms with E-state index in [2.05, 4.69) is 10.3 Å². The highest BCUT2D eigenvalue weighted by Gasteiger charge is 2.18. The van der Waals surface area contributed by atoms with Crippen LogP contribution in [0.3, 0.4) is 0 Å². The van der Waals surface area contributed by atoms with E-state index in [1.54, 1.807) is 13.0 Å². The summed E-state index contributed by atoms with van der Waals surface area (Å²) in [4.78, 5) is 27.0. The van der Waals surface area contributed by atoms with E-state index >= 15 is 0 Å². The van der Waals surface area contributed by atoms with E-state index in [9.17, 15) is 14.7 Å². The number of aromatic amines is 1. The van der Waals surface area contributed by atoms with Crippen molar-refractivity contribution in [2.45, 2.75) is 26.3 Å². The molecule has 0 aliphatic carbocycles. The van der Waals surface area contributed by atoms with Crippen LogP contribution in [0.25, 0.3) is 0 Å². The summed E-state index contributed by atoms with van der Waals surface area (Å²) >= 11 is 0. The highest BCUT2D eigenvalue weighted by Crippen LogP contribution is 2.16. The van der Waals surface area contributed by atoms with Gasteiger partial charge in [-0.3, -0.25) is 9.59 Å². The second-order valence-corrected chi connectivity index (χ2v) is 5.27. The molecular formula is C17H20N2O3. The van der Waals surface area contributed by atoms with Crippen LogP contribution in [0.15, 0.2) is 41.2 Å². The Morgan fingerprint density at radius 3 is 2.59 bits per heavy atom. The van der Waals surface area contributed by atoms with E-state index in [4.69, 9.17) is 0 Å². The van der Waals surface area contributed by atoms with Crippen molar-refractivity contribution >= 4 is 5.91 Å². The Kier molecular flexibility index (Phi) is 5.12. The lowest BCUT2D eigenvalue weighted by molar-refractivity contribution is 0.0928. The summed E-state index contributed by atoms with van der Waals surface area (Å²) in [6.07, 6.45) is 0.387. The standard InChI is InChI=1S/C17H20N2O3/c1-11-10-14(16(21)18-12(11)2)17(22)19-15(8-9-20)13-6-4-3-5-7-13/h3-7,10,15,20H,8-9H2,1-2H3,(H,18,21)(H,19,22). The lowest BCUT2D eigenvalue weighted by Gasteiger charge is -2.18. The lowest BCUT2D eigenvalue weighted by atomic mass is 10.0. The van der Waals surface area contributed by atoms with Gasteiger partial charge in [-0.25, -0.2) is 0 Å². The first-order chi connectivity index (χ1) is 10.5. The van der Waals surface area contributed by atoms with Crippen LogP contribution >= 0.6 is 0 Å². The van der Waals surface area contributed by atoms with E-state index in [0.29, 0.717) is 6.42 Å². The van der Waals surface area contributed by atoms with Gasteiger partial charge in [-0.15, -0.1) is 0 Å². The van der Waals surface area contributed by atoms with Gasteiger partial charge < -0.3 is 15.4 Å². The largest absolute Gasteiger partial charge is 0.396 e. The monoisotopic (exact) mass is 300 g/mol. The van der Waals surface area contributed by atoms with Gasteiger partial charge in [-0.05, 0) is 37.5 Å². The molecule has 0 radical (unpaired) electrons. The number of pyridine rings is 1. The number of aliphatic hydroxyl groups is 1. The highest BCUT2D eigenvalue weighted by molar-refractivity contribution is 5.94. The average Bonchev–Trinajstić information content (AvgIpc) is 2.51. The second kappa shape index (κ2) is 7.04. The van der Waals surface area contributed by atoms with Gasteiger partial charge in [0.1, 0.15) is 5.56 Å². The van der Waals surface area contributed by atoms with Gasteiger partial charge in [0.2, 0.25) is 0 Å². The average molecular weight is 300 g/mol. The van der Waals surface area contributed by atoms with Crippen LogP contribution in [-0.2, 0) is 0 Å². The molecule has 5 nitrogen and oxygen atoms in total. The number of carbonyl (C=O) groups excluding carboxylic acids is 1. The Hall–Kier alpha value is -2.40. The summed E-state index contributed by atoms with van der Waals surface area (Å²) in [7, 11) is 0. The maximum absolute atomic E-state index is 12.4. The molecule has 1 atom stereocenters. The number of nitrogens with one attached hydrogen (secondary N) is 2. The van der Waals surface area contributed by atoms with Gasteiger partial charge in [0.25, 0.3) is 11.5 Å². The van der Waals surface area contributed by atoms with Crippen LogP contribution in [-0.4, -0.2) is 22.6 Å². The maximum Gasteiger partial charge on any atom is 0.261 e. The molecule has 22 heavy (non-hydrogen) atoms. The Labute approximate surface area is 129 Å². The SMILES string of the molecule is Cc1cc(C(=O)NC(CCO)c2ccccc2)c(=O)[nH]c1C. The van der Waals surface area contributed by atoms with Crippen molar-refractivity contribution in [2.75, 3.05) is 6.61 Å². The zero-order chi connectivity index (χ0) is 16.1. The molecule has 1 unspecified atom stereocenters. The molecule has 0 aliphatic heterocycles. The molecule has 116 valence electrons. The summed E-state index contributed by atoms with van der Waals surface area (Å²) < 4.78 is 0. The lowest BCUT2D eigenvalue weighted by Crippen LogP contribution is -2.33. The first-order valence-electron chi connectivity index (χ1n) is 7.20. The number of H-pyrrole nitrogens is 1. The van der Waals surface area contributed by atoms with Gasteiger partial charge in [0.15, 0.2) is 0 Å². The number of aryl methyl sites for hydroxylation is 2. The molecule has 0 saturated carbocycles. The van der Waals surface area contributed by atoms with Crippen molar-refractivity contribution in [1.82, 2.24) is 10.3 Å². The zero-order valence-corrected chi connectivity index (χ0v) is 12.7. The predicted molar refractivity (Wildman–Crippen MR) is 84.9 cm³/mol. The minimum atomic E-state index is -0.438. The molecule has 0 fully saturated rings. The van der Waals surface area contributed by atoms with Crippen molar-refractivity contribution < 1.29 is 9.90 Å². The summed E-state index contributed by atoms with van der Waals surface area (Å²) in [6, 6.07) is 10.6. The molecule has 5 heteroatoms. The molecule has 0 aliphatic rings. The molecule has 1 amide bonds. The fourth-order valence-corrected chi connectivity index (χ4v) is 2.27. The number of aromatic nitrogens is 1. The zero-order valence-electron chi connectivity index (χ0n) is 12.7. The normalized spacial score (nSPS) is 12.0. The Balaban J connectivity index is 2.26. The highest BCUT2D eigenvalue weighted by atomic mass is 16.3. The number of amides is 1. The predicted octanol–water partition coefficient (Wildman–Crippen LogP) is 1.85. The third-order valence-electron chi connectivity index (χ3n) is 3.67. The molecule has 0 spiro atoms. The minimum absolute atomic E-state index is 0.0525. The number of hydrogen-bond donors (Lipinski definition) is 3. The van der Waals surface area contributed by atoms with Gasteiger partial charge in [-0.1, -0.05) is 30.3 Å². The molecule has 2 rings (SSSR count). The number of aliphatic hydroxyl groups excluding tert-OH is 1. The molecular weight excluding hydrogens is 280 g/mol. The minimum Gasteiger partial charge on any atom is -0.396 e. The number of hydrogen-bond acceptors (Lipinski definition) is 3. The van der Waals surface area contributed by atoms with E-state index in [-0.39, 0.29) is 18.2 Å². The molecule has 1 heterocycles. The van der Waals surface area contributed by atoms with E-state index < -0.39 is 11.5 Å². The first kappa shape index (κ1) is 16.0. The third-order valence-corrected chi connectivity index (χ3v) is 3.67. The van der Waals surface area contributed by atoms with Crippen LogP contribution in [0.1, 0.15) is 39.6 Å². The molecule has 0 saturated heterocycles. The molecule has 2 aromatic rings. The van der Waals surface area contributed by atoms with Gasteiger partial charge in [0.05, 0.1) is 6.04 Å². The van der Waals surface area contributed by atoms with Gasteiger partial charge >= 0.3 is 0 Å². The van der Waals surface area contributed by atoms with Crippen LogP contribution in [0.2, 0.25) is 0 Å². The Morgan fingerprint density at radius 2 is 1.95 bits per heavy atom. The fraction of sp³-hybridized carbons (Fsp3) is 0.294. The van der Waals surface area contributed by atoms with Crippen molar-refractivity contribution in [3.63, 3.8) is 0 Å². The summed E-state index contributed by atoms with van der Waals surface area (Å²) in [5.74, 6) is -0.438. The van der Waals surface area contributed by atoms with Gasteiger partial charge in [0, 0.05) is 12.3 Å². The number of carbonyl (C=O) groups is 1. The van der Waals surface area contributed by atoms with E-state index in [0.717, 1.165) is 16.8 Å². The molecule has 0 bridgehead atoms. The second-order valence-electron chi connectivity index (χ2n) is 5.27. The third kappa shape index (κ3) is 3.62. The summed E-state index contributed by atoms with van der Waals surface area (Å²) in [5.41, 5.74) is 2.17. The number of rotatable bonds is 5.